The molecule has 204 valence electrons. The Hall–Kier alpha value is -3.41. The number of thioether (sulfide) groups is 2. The molecule has 0 spiro atoms. The van der Waals surface area contributed by atoms with Crippen LogP contribution in [0.2, 0.25) is 0 Å². The van der Waals surface area contributed by atoms with Crippen LogP contribution in [0.4, 0.5) is 5.13 Å². The van der Waals surface area contributed by atoms with E-state index in [0.29, 0.717) is 28.7 Å². The molecule has 0 radical (unpaired) electrons. The fourth-order valence-electron chi connectivity index (χ4n) is 4.14. The molecule has 0 bridgehead atoms. The summed E-state index contributed by atoms with van der Waals surface area (Å²) in [5, 5.41) is 27.1. The first-order valence-corrected chi connectivity index (χ1v) is 15.2. The Balaban J connectivity index is 1.34. The minimum Gasteiger partial charge on any atom is -0.477 e. The number of oxime groups is 1. The second-order valence-electron chi connectivity index (χ2n) is 8.19. The fraction of sp³-hybridized carbons (Fsp3) is 0.318. The van der Waals surface area contributed by atoms with Gasteiger partial charge in [0.15, 0.2) is 16.7 Å². The molecule has 0 aliphatic carbocycles. The van der Waals surface area contributed by atoms with Gasteiger partial charge in [-0.15, -0.1) is 39.5 Å². The van der Waals surface area contributed by atoms with Crippen molar-refractivity contribution in [2.45, 2.75) is 35.2 Å². The highest BCUT2D eigenvalue weighted by Crippen LogP contribution is 2.44. The van der Waals surface area contributed by atoms with E-state index in [2.05, 4.69) is 30.6 Å². The second kappa shape index (κ2) is 11.4. The third-order valence-electron chi connectivity index (χ3n) is 5.88. The Morgan fingerprint density at radius 3 is 2.87 bits per heavy atom. The predicted octanol–water partition coefficient (Wildman–Crippen LogP) is 2.23. The van der Waals surface area contributed by atoms with Crippen LogP contribution in [0.3, 0.4) is 0 Å². The van der Waals surface area contributed by atoms with Gasteiger partial charge in [0, 0.05) is 16.4 Å². The molecule has 1 saturated heterocycles. The highest BCUT2D eigenvalue weighted by molar-refractivity contribution is 8.01. The van der Waals surface area contributed by atoms with Crippen LogP contribution in [-0.4, -0.2) is 83.2 Å². The first-order valence-electron chi connectivity index (χ1n) is 11.5. The van der Waals surface area contributed by atoms with E-state index in [1.807, 2.05) is 24.4 Å². The molecule has 2 aliphatic heterocycles. The van der Waals surface area contributed by atoms with Gasteiger partial charge in [0.2, 0.25) is 5.16 Å². The van der Waals surface area contributed by atoms with E-state index in [-0.39, 0.29) is 27.5 Å². The van der Waals surface area contributed by atoms with Gasteiger partial charge in [-0.2, -0.15) is 0 Å². The molecular formula is C22H22N8O5S4. The van der Waals surface area contributed by atoms with Crippen LogP contribution >= 0.6 is 46.2 Å². The highest BCUT2D eigenvalue weighted by Gasteiger charge is 2.55. The molecule has 0 aromatic carbocycles. The van der Waals surface area contributed by atoms with E-state index in [4.69, 9.17) is 10.6 Å². The van der Waals surface area contributed by atoms with Crippen LogP contribution in [0.15, 0.2) is 44.5 Å². The SMILES string of the molecule is CCC(Sc1n[nH]c(-c2cccs2)n1)C1=C(C(=O)O)N2C(=O)[C@@H](NC(=O)C(=NOC)c3csc(N)n3)[C@@H]2SC1. The van der Waals surface area contributed by atoms with Gasteiger partial charge < -0.3 is 21.0 Å². The van der Waals surface area contributed by atoms with Crippen molar-refractivity contribution < 1.29 is 24.3 Å². The average Bonchev–Trinajstić information content (AvgIpc) is 3.70. The van der Waals surface area contributed by atoms with Crippen molar-refractivity contribution >= 4 is 74.8 Å². The lowest BCUT2D eigenvalue weighted by Crippen LogP contribution is -2.71. The molecule has 5 heterocycles. The summed E-state index contributed by atoms with van der Waals surface area (Å²) in [5.74, 6) is -1.41. The fourth-order valence-corrected chi connectivity index (χ4v) is 7.88. The first kappa shape index (κ1) is 27.2. The number of β-lactam (4-membered cyclic amide) rings is 1. The van der Waals surface area contributed by atoms with Crippen molar-refractivity contribution in [3.63, 3.8) is 0 Å². The summed E-state index contributed by atoms with van der Waals surface area (Å²) in [7, 11) is 1.28. The molecule has 39 heavy (non-hydrogen) atoms. The van der Waals surface area contributed by atoms with Crippen molar-refractivity contribution in [2.24, 2.45) is 5.16 Å². The van der Waals surface area contributed by atoms with Gasteiger partial charge in [0.1, 0.15) is 29.9 Å². The van der Waals surface area contributed by atoms with Crippen LogP contribution in [0.25, 0.3) is 10.7 Å². The van der Waals surface area contributed by atoms with E-state index >= 15 is 0 Å². The van der Waals surface area contributed by atoms with E-state index in [0.717, 1.165) is 16.2 Å². The van der Waals surface area contributed by atoms with Crippen molar-refractivity contribution in [3.8, 4) is 10.7 Å². The molecule has 5 N–H and O–H groups in total. The Kier molecular flexibility index (Phi) is 7.92. The molecule has 1 fully saturated rings. The predicted molar refractivity (Wildman–Crippen MR) is 149 cm³/mol. The van der Waals surface area contributed by atoms with Gasteiger partial charge >= 0.3 is 5.97 Å². The van der Waals surface area contributed by atoms with Crippen LogP contribution < -0.4 is 11.1 Å². The van der Waals surface area contributed by atoms with Gasteiger partial charge in [-0.3, -0.25) is 19.6 Å². The quantitative estimate of drug-likeness (QED) is 0.115. The number of aromatic nitrogens is 4. The summed E-state index contributed by atoms with van der Waals surface area (Å²) in [6.45, 7) is 1.94. The van der Waals surface area contributed by atoms with Crippen LogP contribution in [0.5, 0.6) is 0 Å². The van der Waals surface area contributed by atoms with Crippen molar-refractivity contribution in [1.82, 2.24) is 30.4 Å². The number of carbonyl (C=O) groups is 3. The second-order valence-corrected chi connectivity index (χ2v) is 12.3. The lowest BCUT2D eigenvalue weighted by atomic mass is 10.0. The van der Waals surface area contributed by atoms with Gasteiger partial charge in [-0.1, -0.05) is 29.9 Å². The number of anilines is 1. The summed E-state index contributed by atoms with van der Waals surface area (Å²) in [6.07, 6.45) is 0.598. The molecule has 5 rings (SSSR count). The molecule has 3 aromatic heterocycles. The van der Waals surface area contributed by atoms with Gasteiger partial charge in [-0.05, 0) is 23.4 Å². The topological polar surface area (TPSA) is 189 Å². The molecule has 0 saturated carbocycles. The van der Waals surface area contributed by atoms with Gasteiger partial charge in [-0.25, -0.2) is 14.8 Å². The lowest BCUT2D eigenvalue weighted by Gasteiger charge is -2.50. The number of thiophene rings is 1. The molecule has 1 unspecified atom stereocenters. The zero-order chi connectivity index (χ0) is 27.7. The largest absolute Gasteiger partial charge is 0.477 e. The Morgan fingerprint density at radius 2 is 2.23 bits per heavy atom. The maximum atomic E-state index is 13.2. The molecule has 3 aromatic rings. The van der Waals surface area contributed by atoms with Crippen molar-refractivity contribution in [1.29, 1.82) is 0 Å². The minimum absolute atomic E-state index is 0.0688. The average molecular weight is 607 g/mol. The molecule has 17 heteroatoms. The number of amides is 2. The van der Waals surface area contributed by atoms with E-state index in [1.165, 1.54) is 46.9 Å². The summed E-state index contributed by atoms with van der Waals surface area (Å²) in [6, 6.07) is 2.91. The standard InChI is InChI=1S/C22H22N8O5S4/c1-3-11(39-22-26-16(27-28-22)12-5-4-6-36-12)9-7-37-19-14(18(32)30(19)15(9)20(33)34)25-17(31)13(29-35-2)10-8-38-21(23)24-10/h4-6,8,11,14,19H,3,7H2,1-2H3,(H2,23,24)(H,25,31)(H,33,34)(H,26,27,28)/t11?,14-,19+/m1/s1. The van der Waals surface area contributed by atoms with Crippen LogP contribution in [0, 0.1) is 0 Å². The monoisotopic (exact) mass is 606 g/mol. The normalized spacial score (nSPS) is 19.9. The molecule has 13 nitrogen and oxygen atoms in total. The molecule has 3 atom stereocenters. The Morgan fingerprint density at radius 1 is 1.41 bits per heavy atom. The van der Waals surface area contributed by atoms with Crippen LogP contribution in [0.1, 0.15) is 19.0 Å². The number of nitrogens with zero attached hydrogens (tertiary/aromatic N) is 5. The molecular weight excluding hydrogens is 585 g/mol. The zero-order valence-electron chi connectivity index (χ0n) is 20.5. The number of nitrogens with two attached hydrogens (primary N) is 1. The van der Waals surface area contributed by atoms with E-state index in [9.17, 15) is 19.5 Å². The smallest absolute Gasteiger partial charge is 0.352 e. The van der Waals surface area contributed by atoms with E-state index in [1.54, 1.807) is 5.38 Å². The number of aliphatic carboxylic acids is 1. The number of thiazole rings is 1. The number of carbonyl (C=O) groups excluding carboxylic acids is 2. The lowest BCUT2D eigenvalue weighted by molar-refractivity contribution is -0.150. The van der Waals surface area contributed by atoms with Gasteiger partial charge in [0.05, 0.1) is 4.88 Å². The number of nitrogen functional groups attached to an aromatic ring is 1. The molecule has 2 aliphatic rings. The van der Waals surface area contributed by atoms with Gasteiger partial charge in [0.25, 0.3) is 11.8 Å². The summed E-state index contributed by atoms with van der Waals surface area (Å²) >= 11 is 5.39. The molecule has 2 amide bonds. The number of hydrogen-bond donors (Lipinski definition) is 4. The maximum absolute atomic E-state index is 13.2. The van der Waals surface area contributed by atoms with Crippen molar-refractivity contribution in [2.75, 3.05) is 18.6 Å². The number of fused-ring (bicyclic) bond motifs is 1. The van der Waals surface area contributed by atoms with E-state index < -0.39 is 29.2 Å². The number of hydrogen-bond acceptors (Lipinski definition) is 13. The van der Waals surface area contributed by atoms with Crippen molar-refractivity contribution in [3.05, 3.63) is 39.9 Å². The van der Waals surface area contributed by atoms with Crippen LogP contribution in [-0.2, 0) is 19.2 Å². The number of H-pyrrole nitrogens is 1. The Labute approximate surface area is 238 Å². The summed E-state index contributed by atoms with van der Waals surface area (Å²) in [4.78, 5) is 54.1. The number of rotatable bonds is 10. The zero-order valence-corrected chi connectivity index (χ0v) is 23.7. The highest BCUT2D eigenvalue weighted by atomic mass is 32.2. The Bertz CT molecular complexity index is 1470. The maximum Gasteiger partial charge on any atom is 0.352 e. The number of aromatic amines is 1. The third-order valence-corrected chi connectivity index (χ3v) is 10.0. The minimum atomic E-state index is -1.21. The number of carboxylic acid groups (broad SMARTS) is 1. The summed E-state index contributed by atoms with van der Waals surface area (Å²) < 4.78 is 0. The number of carboxylic acids is 1. The first-order chi connectivity index (χ1) is 18.8. The summed E-state index contributed by atoms with van der Waals surface area (Å²) in [5.41, 5.74) is 6.28. The number of nitrogens with one attached hydrogen (secondary N) is 2. The third kappa shape index (κ3) is 5.26.